The lowest BCUT2D eigenvalue weighted by Crippen LogP contribution is -2.32. The maximum Gasteiger partial charge on any atom is 0.356 e. The molecule has 1 amide bonds. The van der Waals surface area contributed by atoms with Crippen molar-refractivity contribution in [2.75, 3.05) is 11.6 Å². The van der Waals surface area contributed by atoms with Gasteiger partial charge < -0.3 is 5.11 Å². The first kappa shape index (κ1) is 13.2. The largest absolute Gasteiger partial charge is 0.476 e. The van der Waals surface area contributed by atoms with Crippen LogP contribution in [0.1, 0.15) is 16.9 Å². The van der Waals surface area contributed by atoms with E-state index in [1.165, 1.54) is 10.7 Å². The maximum absolute atomic E-state index is 11.2. The Bertz CT molecular complexity index is 706. The van der Waals surface area contributed by atoms with Gasteiger partial charge in [-0.3, -0.25) is 19.9 Å². The second-order valence-electron chi connectivity index (χ2n) is 4.83. The van der Waals surface area contributed by atoms with Gasteiger partial charge in [-0.2, -0.15) is 5.10 Å². The Labute approximate surface area is 120 Å². The minimum atomic E-state index is -1.05. The predicted octanol–water partition coefficient (Wildman–Crippen LogP) is 1.03. The van der Waals surface area contributed by atoms with E-state index in [1.54, 1.807) is 12.1 Å². The van der Waals surface area contributed by atoms with E-state index >= 15 is 0 Å². The summed E-state index contributed by atoms with van der Waals surface area (Å²) >= 11 is 0. The minimum Gasteiger partial charge on any atom is -0.476 e. The van der Waals surface area contributed by atoms with E-state index < -0.39 is 5.97 Å². The molecule has 1 fully saturated rings. The number of carbonyl (C=O) groups excluding carboxylic acids is 1. The number of hydrazine groups is 1. The molecule has 21 heavy (non-hydrogen) atoms. The lowest BCUT2D eigenvalue weighted by Gasteiger charge is -2.17. The van der Waals surface area contributed by atoms with Gasteiger partial charge in [0.25, 0.3) is 0 Å². The fraction of sp³-hybridized carbons (Fsp3) is 0.214. The molecule has 1 aromatic carbocycles. The fourth-order valence-corrected chi connectivity index (χ4v) is 2.32. The number of carboxylic acids is 1. The van der Waals surface area contributed by atoms with Gasteiger partial charge in [0.15, 0.2) is 5.69 Å². The molecule has 1 aliphatic rings. The van der Waals surface area contributed by atoms with Crippen LogP contribution >= 0.6 is 0 Å². The van der Waals surface area contributed by atoms with Crippen molar-refractivity contribution in [1.29, 1.82) is 0 Å². The lowest BCUT2D eigenvalue weighted by molar-refractivity contribution is -0.119. The second-order valence-corrected chi connectivity index (χ2v) is 4.83. The first-order valence-electron chi connectivity index (χ1n) is 6.49. The third kappa shape index (κ3) is 2.45. The molecule has 7 nitrogen and oxygen atoms in total. The summed E-state index contributed by atoms with van der Waals surface area (Å²) in [6.45, 7) is 0.646. The summed E-state index contributed by atoms with van der Waals surface area (Å²) in [4.78, 5) is 22.1. The zero-order valence-corrected chi connectivity index (χ0v) is 11.4. The van der Waals surface area contributed by atoms with Crippen LogP contribution in [-0.2, 0) is 11.8 Å². The van der Waals surface area contributed by atoms with Crippen LogP contribution in [0, 0.1) is 0 Å². The van der Waals surface area contributed by atoms with E-state index in [1.807, 2.05) is 24.3 Å². The van der Waals surface area contributed by atoms with Crippen LogP contribution in [0.4, 0.5) is 5.69 Å². The van der Waals surface area contributed by atoms with Crippen LogP contribution in [-0.4, -0.2) is 33.3 Å². The number of nitrogens with zero attached hydrogens (tertiary/aromatic N) is 3. The number of anilines is 1. The highest BCUT2D eigenvalue weighted by atomic mass is 16.4. The normalized spacial score (nSPS) is 14.3. The molecule has 108 valence electrons. The van der Waals surface area contributed by atoms with Gasteiger partial charge in [-0.05, 0) is 23.8 Å². The van der Waals surface area contributed by atoms with Crippen LogP contribution in [0.5, 0.6) is 0 Å². The highest BCUT2D eigenvalue weighted by Gasteiger charge is 2.19. The number of hydrogen-bond acceptors (Lipinski definition) is 4. The van der Waals surface area contributed by atoms with E-state index in [2.05, 4.69) is 10.5 Å². The summed E-state index contributed by atoms with van der Waals surface area (Å²) in [6, 6.07) is 9.06. The molecule has 3 rings (SSSR count). The summed E-state index contributed by atoms with van der Waals surface area (Å²) in [5.41, 5.74) is 5.26. The molecular formula is C14H14N4O3. The second kappa shape index (κ2) is 4.93. The van der Waals surface area contributed by atoms with Crippen LogP contribution in [0.2, 0.25) is 0 Å². The van der Waals surface area contributed by atoms with E-state index in [0.717, 1.165) is 16.9 Å². The lowest BCUT2D eigenvalue weighted by atomic mass is 10.1. The third-order valence-electron chi connectivity index (χ3n) is 3.40. The zero-order chi connectivity index (χ0) is 15.0. The highest BCUT2D eigenvalue weighted by molar-refractivity contribution is 5.87. The molecule has 1 aromatic heterocycles. The molecule has 1 aliphatic heterocycles. The van der Waals surface area contributed by atoms with Crippen molar-refractivity contribution in [3.05, 3.63) is 36.0 Å². The van der Waals surface area contributed by atoms with Gasteiger partial charge in [0.2, 0.25) is 5.91 Å². The number of benzene rings is 1. The number of hydrogen-bond donors (Lipinski definition) is 2. The quantitative estimate of drug-likeness (QED) is 0.879. The van der Waals surface area contributed by atoms with Gasteiger partial charge in [0.1, 0.15) is 0 Å². The molecule has 2 heterocycles. The first-order valence-corrected chi connectivity index (χ1v) is 6.49. The molecule has 0 atom stereocenters. The topological polar surface area (TPSA) is 87.5 Å². The Balaban J connectivity index is 1.87. The fourth-order valence-electron chi connectivity index (χ4n) is 2.32. The van der Waals surface area contributed by atoms with Crippen LogP contribution in [0.25, 0.3) is 11.3 Å². The van der Waals surface area contributed by atoms with Gasteiger partial charge in [-0.25, -0.2) is 4.79 Å². The number of rotatable bonds is 3. The van der Waals surface area contributed by atoms with Crippen LogP contribution < -0.4 is 10.4 Å². The Morgan fingerprint density at radius 3 is 2.57 bits per heavy atom. The van der Waals surface area contributed by atoms with Crippen molar-refractivity contribution in [2.24, 2.45) is 7.05 Å². The number of amides is 1. The van der Waals surface area contributed by atoms with Crippen LogP contribution in [0.3, 0.4) is 0 Å². The molecule has 0 aliphatic carbocycles. The zero-order valence-electron chi connectivity index (χ0n) is 11.4. The highest BCUT2D eigenvalue weighted by Crippen LogP contribution is 2.24. The molecule has 7 heteroatoms. The van der Waals surface area contributed by atoms with Crippen molar-refractivity contribution in [1.82, 2.24) is 15.2 Å². The minimum absolute atomic E-state index is 0.0109. The van der Waals surface area contributed by atoms with Gasteiger partial charge in [0.05, 0.1) is 11.4 Å². The average Bonchev–Trinajstić information content (AvgIpc) is 3.05. The molecule has 1 saturated heterocycles. The van der Waals surface area contributed by atoms with Gasteiger partial charge >= 0.3 is 5.97 Å². The van der Waals surface area contributed by atoms with Crippen molar-refractivity contribution in [3.8, 4) is 11.3 Å². The molecule has 0 unspecified atom stereocenters. The molecular weight excluding hydrogens is 272 g/mol. The summed E-state index contributed by atoms with van der Waals surface area (Å²) in [5.74, 6) is -1.04. The number of aryl methyl sites for hydroxylation is 1. The number of carboxylic acid groups (broad SMARTS) is 1. The monoisotopic (exact) mass is 286 g/mol. The number of carbonyl (C=O) groups is 2. The van der Waals surface area contributed by atoms with E-state index in [9.17, 15) is 9.59 Å². The van der Waals surface area contributed by atoms with Gasteiger partial charge in [-0.1, -0.05) is 12.1 Å². The maximum atomic E-state index is 11.2. The predicted molar refractivity (Wildman–Crippen MR) is 75.7 cm³/mol. The van der Waals surface area contributed by atoms with Crippen LogP contribution in [0.15, 0.2) is 30.3 Å². The van der Waals surface area contributed by atoms with E-state index in [0.29, 0.717) is 13.0 Å². The Kier molecular flexibility index (Phi) is 3.09. The molecule has 0 radical (unpaired) electrons. The van der Waals surface area contributed by atoms with Crippen molar-refractivity contribution < 1.29 is 14.7 Å². The number of aromatic carboxylic acids is 1. The first-order chi connectivity index (χ1) is 10.0. The van der Waals surface area contributed by atoms with E-state index in [4.69, 9.17) is 5.11 Å². The molecule has 0 spiro atoms. The summed E-state index contributed by atoms with van der Waals surface area (Å²) in [5, 5.41) is 14.7. The van der Waals surface area contributed by atoms with Crippen molar-refractivity contribution in [2.45, 2.75) is 6.42 Å². The third-order valence-corrected chi connectivity index (χ3v) is 3.40. The molecule has 0 saturated carbocycles. The standard InChI is InChI=1S/C14H14N4O3/c1-17-12(8-11(15-17)14(20)21)9-2-4-10(5-3-9)18-7-6-13(19)16-18/h2-5,8H,6-7H2,1H3,(H,16,19)(H,20,21). The number of aromatic nitrogens is 2. The summed E-state index contributed by atoms with van der Waals surface area (Å²) in [6.07, 6.45) is 0.492. The average molecular weight is 286 g/mol. The van der Waals surface area contributed by atoms with E-state index in [-0.39, 0.29) is 11.6 Å². The summed E-state index contributed by atoms with van der Waals surface area (Å²) < 4.78 is 1.54. The van der Waals surface area contributed by atoms with Crippen molar-refractivity contribution >= 4 is 17.6 Å². The Morgan fingerprint density at radius 1 is 1.33 bits per heavy atom. The van der Waals surface area contributed by atoms with Gasteiger partial charge in [0, 0.05) is 20.0 Å². The van der Waals surface area contributed by atoms with Crippen molar-refractivity contribution in [3.63, 3.8) is 0 Å². The molecule has 2 aromatic rings. The van der Waals surface area contributed by atoms with Gasteiger partial charge in [-0.15, -0.1) is 0 Å². The number of nitrogens with one attached hydrogen (secondary N) is 1. The SMILES string of the molecule is Cn1nc(C(=O)O)cc1-c1ccc(N2CCC(=O)N2)cc1. The Morgan fingerprint density at radius 2 is 2.05 bits per heavy atom. The smallest absolute Gasteiger partial charge is 0.356 e. The molecule has 2 N–H and O–H groups in total. The summed E-state index contributed by atoms with van der Waals surface area (Å²) in [7, 11) is 1.70. The Hall–Kier alpha value is -2.83. The molecule has 0 bridgehead atoms.